The normalized spacial score (nSPS) is 11.7. The maximum Gasteiger partial charge on any atom is 0.207 e. The Morgan fingerprint density at radius 2 is 1.04 bits per heavy atom. The van der Waals surface area contributed by atoms with Gasteiger partial charge in [0.1, 0.15) is 0 Å². The molecule has 2 aromatic carbocycles. The topological polar surface area (TPSA) is 34.1 Å². The van der Waals surface area contributed by atoms with Gasteiger partial charge in [-0.25, -0.2) is 8.42 Å². The average Bonchev–Trinajstić information content (AvgIpc) is 2.60. The van der Waals surface area contributed by atoms with E-state index < -0.39 is 9.84 Å². The zero-order chi connectivity index (χ0) is 17.0. The van der Waals surface area contributed by atoms with Crippen LogP contribution in [0.3, 0.4) is 0 Å². The van der Waals surface area contributed by atoms with E-state index in [0.29, 0.717) is 22.6 Å². The minimum atomic E-state index is -3.49. The predicted octanol–water partition coefficient (Wildman–Crippen LogP) is 4.77. The van der Waals surface area contributed by atoms with Crippen LogP contribution < -0.4 is 0 Å². The zero-order valence-electron chi connectivity index (χ0n) is 14.5. The molecule has 0 radical (unpaired) electrons. The summed E-state index contributed by atoms with van der Waals surface area (Å²) in [4.78, 5) is 0.949. The van der Waals surface area contributed by atoms with E-state index in [1.165, 1.54) is 0 Å². The molecule has 23 heavy (non-hydrogen) atoms. The maximum atomic E-state index is 13.3. The summed E-state index contributed by atoms with van der Waals surface area (Å²) in [6.07, 6.45) is 3.10. The predicted molar refractivity (Wildman–Crippen MR) is 95.8 cm³/mol. The molecule has 0 saturated heterocycles. The summed E-state index contributed by atoms with van der Waals surface area (Å²) in [7, 11) is -3.49. The average molecular weight is 330 g/mol. The lowest BCUT2D eigenvalue weighted by Gasteiger charge is -2.15. The third-order valence-electron chi connectivity index (χ3n) is 4.42. The van der Waals surface area contributed by atoms with E-state index in [0.717, 1.165) is 35.1 Å². The van der Waals surface area contributed by atoms with Crippen molar-refractivity contribution in [3.05, 3.63) is 58.7 Å². The van der Waals surface area contributed by atoms with E-state index in [1.807, 2.05) is 64.1 Å². The van der Waals surface area contributed by atoms with E-state index in [4.69, 9.17) is 0 Å². The Morgan fingerprint density at radius 1 is 0.652 bits per heavy atom. The minimum absolute atomic E-state index is 0.474. The SMILES string of the molecule is CCc1ccc(CC)c(S(=O)(=O)c2cc(CC)ccc2CC)c1. The van der Waals surface area contributed by atoms with E-state index >= 15 is 0 Å². The molecular formula is C20H26O2S. The first-order chi connectivity index (χ1) is 11.0. The Bertz CT molecular complexity index is 728. The number of aryl methyl sites for hydroxylation is 4. The lowest BCUT2D eigenvalue weighted by atomic mass is 10.1. The molecular weight excluding hydrogens is 304 g/mol. The smallest absolute Gasteiger partial charge is 0.207 e. The lowest BCUT2D eigenvalue weighted by Crippen LogP contribution is -2.09. The third-order valence-corrected chi connectivity index (χ3v) is 6.34. The van der Waals surface area contributed by atoms with Gasteiger partial charge in [0.25, 0.3) is 0 Å². The fourth-order valence-electron chi connectivity index (χ4n) is 2.84. The van der Waals surface area contributed by atoms with Crippen molar-refractivity contribution >= 4 is 9.84 Å². The van der Waals surface area contributed by atoms with Crippen molar-refractivity contribution in [2.45, 2.75) is 63.2 Å². The first kappa shape index (κ1) is 17.7. The first-order valence-corrected chi connectivity index (χ1v) is 9.94. The van der Waals surface area contributed by atoms with Crippen molar-refractivity contribution in [3.8, 4) is 0 Å². The molecule has 0 aliphatic heterocycles. The highest BCUT2D eigenvalue weighted by molar-refractivity contribution is 7.91. The number of sulfone groups is 1. The van der Waals surface area contributed by atoms with Crippen LogP contribution in [0.1, 0.15) is 49.9 Å². The fourth-order valence-corrected chi connectivity index (χ4v) is 4.81. The Labute approximate surface area is 140 Å². The van der Waals surface area contributed by atoms with Gasteiger partial charge in [0.05, 0.1) is 9.79 Å². The summed E-state index contributed by atoms with van der Waals surface area (Å²) in [5.74, 6) is 0. The molecule has 0 aliphatic carbocycles. The van der Waals surface area contributed by atoms with Gasteiger partial charge in [-0.15, -0.1) is 0 Å². The van der Waals surface area contributed by atoms with E-state index in [9.17, 15) is 8.42 Å². The molecule has 0 aliphatic rings. The molecule has 0 unspecified atom stereocenters. The summed E-state index contributed by atoms with van der Waals surface area (Å²) in [6.45, 7) is 8.10. The second-order valence-corrected chi connectivity index (χ2v) is 7.69. The van der Waals surface area contributed by atoms with Crippen molar-refractivity contribution in [1.82, 2.24) is 0 Å². The highest BCUT2D eigenvalue weighted by Crippen LogP contribution is 2.29. The Kier molecular flexibility index (Phi) is 5.64. The van der Waals surface area contributed by atoms with Gasteiger partial charge in [0.15, 0.2) is 0 Å². The summed E-state index contributed by atoms with van der Waals surface area (Å²) in [5.41, 5.74) is 3.91. The van der Waals surface area contributed by atoms with E-state index in [1.54, 1.807) is 0 Å². The summed E-state index contributed by atoms with van der Waals surface area (Å²) >= 11 is 0. The van der Waals surface area contributed by atoms with Crippen molar-refractivity contribution < 1.29 is 8.42 Å². The molecule has 0 spiro atoms. The van der Waals surface area contributed by atoms with Gasteiger partial charge in [0, 0.05) is 0 Å². The van der Waals surface area contributed by atoms with Crippen LogP contribution in [0, 0.1) is 0 Å². The van der Waals surface area contributed by atoms with Crippen LogP contribution in [0.25, 0.3) is 0 Å². The largest absolute Gasteiger partial charge is 0.218 e. The summed E-state index contributed by atoms with van der Waals surface area (Å²) in [5, 5.41) is 0. The molecule has 0 saturated carbocycles. The molecule has 2 aromatic rings. The number of benzene rings is 2. The molecule has 0 heterocycles. The molecule has 0 N–H and O–H groups in total. The standard InChI is InChI=1S/C20H26O2S/c1-5-15-9-11-17(7-3)19(13-15)23(21,22)20-14-16(6-2)10-12-18(20)8-4/h9-14H,5-8H2,1-4H3. The summed E-state index contributed by atoms with van der Waals surface area (Å²) < 4.78 is 26.7. The highest BCUT2D eigenvalue weighted by atomic mass is 32.2. The highest BCUT2D eigenvalue weighted by Gasteiger charge is 2.24. The number of hydrogen-bond donors (Lipinski definition) is 0. The Balaban J connectivity index is 2.72. The number of hydrogen-bond acceptors (Lipinski definition) is 2. The van der Waals surface area contributed by atoms with Crippen LogP contribution in [0.2, 0.25) is 0 Å². The molecule has 0 fully saturated rings. The van der Waals surface area contributed by atoms with Gasteiger partial charge in [-0.05, 0) is 60.1 Å². The van der Waals surface area contributed by atoms with Gasteiger partial charge in [-0.1, -0.05) is 52.0 Å². The van der Waals surface area contributed by atoms with Crippen LogP contribution in [0.5, 0.6) is 0 Å². The Hall–Kier alpha value is -1.61. The summed E-state index contributed by atoms with van der Waals surface area (Å²) in [6, 6.07) is 11.7. The third kappa shape index (κ3) is 3.50. The Morgan fingerprint density at radius 3 is 1.35 bits per heavy atom. The molecule has 0 amide bonds. The first-order valence-electron chi connectivity index (χ1n) is 8.46. The lowest BCUT2D eigenvalue weighted by molar-refractivity contribution is 0.593. The molecule has 2 rings (SSSR count). The van der Waals surface area contributed by atoms with Crippen molar-refractivity contribution in [2.75, 3.05) is 0 Å². The quantitative estimate of drug-likeness (QED) is 0.764. The molecule has 2 nitrogen and oxygen atoms in total. The van der Waals surface area contributed by atoms with Crippen LogP contribution in [-0.4, -0.2) is 8.42 Å². The zero-order valence-corrected chi connectivity index (χ0v) is 15.3. The van der Waals surface area contributed by atoms with Crippen LogP contribution in [-0.2, 0) is 35.5 Å². The van der Waals surface area contributed by atoms with Gasteiger partial charge in [0.2, 0.25) is 9.84 Å². The monoisotopic (exact) mass is 330 g/mol. The van der Waals surface area contributed by atoms with E-state index in [2.05, 4.69) is 0 Å². The van der Waals surface area contributed by atoms with Crippen molar-refractivity contribution in [3.63, 3.8) is 0 Å². The van der Waals surface area contributed by atoms with Crippen molar-refractivity contribution in [1.29, 1.82) is 0 Å². The maximum absolute atomic E-state index is 13.3. The van der Waals surface area contributed by atoms with E-state index in [-0.39, 0.29) is 0 Å². The molecule has 3 heteroatoms. The van der Waals surface area contributed by atoms with Gasteiger partial charge in [-0.2, -0.15) is 0 Å². The van der Waals surface area contributed by atoms with Crippen LogP contribution in [0.4, 0.5) is 0 Å². The van der Waals surface area contributed by atoms with Crippen LogP contribution in [0.15, 0.2) is 46.2 Å². The second kappa shape index (κ2) is 7.31. The van der Waals surface area contributed by atoms with Gasteiger partial charge < -0.3 is 0 Å². The van der Waals surface area contributed by atoms with Crippen molar-refractivity contribution in [2.24, 2.45) is 0 Å². The molecule has 0 bridgehead atoms. The molecule has 0 aromatic heterocycles. The molecule has 124 valence electrons. The molecule has 0 atom stereocenters. The second-order valence-electron chi connectivity index (χ2n) is 5.80. The minimum Gasteiger partial charge on any atom is -0.218 e. The van der Waals surface area contributed by atoms with Gasteiger partial charge >= 0.3 is 0 Å². The fraction of sp³-hybridized carbons (Fsp3) is 0.400. The number of rotatable bonds is 6. The van der Waals surface area contributed by atoms with Gasteiger partial charge in [-0.3, -0.25) is 0 Å². The van der Waals surface area contributed by atoms with Crippen LogP contribution >= 0.6 is 0 Å².